The summed E-state index contributed by atoms with van der Waals surface area (Å²) in [5.74, 6) is 0. The van der Waals surface area contributed by atoms with Crippen molar-refractivity contribution in [1.82, 2.24) is 13.9 Å². The highest BCUT2D eigenvalue weighted by molar-refractivity contribution is 7.89. The molecule has 1 saturated heterocycles. The van der Waals surface area contributed by atoms with Gasteiger partial charge in [0, 0.05) is 13.6 Å². The first-order chi connectivity index (χ1) is 7.85. The smallest absolute Gasteiger partial charge is 0.260 e. The Hall–Kier alpha value is -0.730. The summed E-state index contributed by atoms with van der Waals surface area (Å²) in [7, 11) is -2.52. The molecule has 2 heterocycles. The average Bonchev–Trinajstić information content (AvgIpc) is 2.43. The first-order valence-electron chi connectivity index (χ1n) is 4.83. The highest BCUT2D eigenvalue weighted by Gasteiger charge is 2.44. The van der Waals surface area contributed by atoms with Gasteiger partial charge in [-0.05, 0) is 18.0 Å². The van der Waals surface area contributed by atoms with Gasteiger partial charge in [-0.2, -0.15) is 4.31 Å². The standard InChI is InChI=1S/C8H10ClF2N3O2S/c1-13-6(4-12-8(13)9)17(15,16)14-3-2-5(14)7(10)11/h4-5,7H,2-3H2,1H3/t5-/m0/s1. The van der Waals surface area contributed by atoms with E-state index in [1.54, 1.807) is 0 Å². The molecule has 0 aromatic carbocycles. The predicted octanol–water partition coefficient (Wildman–Crippen LogP) is 1.10. The molecular weight excluding hydrogens is 276 g/mol. The van der Waals surface area contributed by atoms with Crippen LogP contribution >= 0.6 is 11.6 Å². The number of imidazole rings is 1. The molecule has 1 aliphatic rings. The number of nitrogens with zero attached hydrogens (tertiary/aromatic N) is 3. The van der Waals surface area contributed by atoms with Gasteiger partial charge < -0.3 is 4.57 Å². The van der Waals surface area contributed by atoms with Gasteiger partial charge in [0.1, 0.15) is 0 Å². The van der Waals surface area contributed by atoms with E-state index in [9.17, 15) is 17.2 Å². The van der Waals surface area contributed by atoms with Crippen molar-refractivity contribution in [3.05, 3.63) is 11.5 Å². The lowest BCUT2D eigenvalue weighted by Gasteiger charge is -2.38. The van der Waals surface area contributed by atoms with E-state index in [0.717, 1.165) is 15.1 Å². The van der Waals surface area contributed by atoms with Gasteiger partial charge in [0.05, 0.1) is 12.2 Å². The zero-order chi connectivity index (χ0) is 12.8. The molecule has 1 aliphatic heterocycles. The number of aromatic nitrogens is 2. The Morgan fingerprint density at radius 3 is 2.59 bits per heavy atom. The van der Waals surface area contributed by atoms with Gasteiger partial charge in [0.15, 0.2) is 5.03 Å². The summed E-state index contributed by atoms with van der Waals surface area (Å²) in [6, 6.07) is -1.24. The molecule has 0 amide bonds. The van der Waals surface area contributed by atoms with Crippen molar-refractivity contribution < 1.29 is 17.2 Å². The highest BCUT2D eigenvalue weighted by atomic mass is 35.5. The van der Waals surface area contributed by atoms with Gasteiger partial charge in [-0.3, -0.25) is 0 Å². The molecule has 17 heavy (non-hydrogen) atoms. The van der Waals surface area contributed by atoms with E-state index >= 15 is 0 Å². The molecule has 96 valence electrons. The monoisotopic (exact) mass is 285 g/mol. The fourth-order valence-electron chi connectivity index (χ4n) is 1.67. The largest absolute Gasteiger partial charge is 0.308 e. The van der Waals surface area contributed by atoms with Crippen LogP contribution in [0.15, 0.2) is 11.2 Å². The van der Waals surface area contributed by atoms with Crippen molar-refractivity contribution in [1.29, 1.82) is 0 Å². The summed E-state index contributed by atoms with van der Waals surface area (Å²) in [5.41, 5.74) is 0. The minimum Gasteiger partial charge on any atom is -0.308 e. The quantitative estimate of drug-likeness (QED) is 0.836. The third-order valence-electron chi connectivity index (χ3n) is 2.77. The maximum Gasteiger partial charge on any atom is 0.260 e. The first-order valence-corrected chi connectivity index (χ1v) is 6.64. The Morgan fingerprint density at radius 2 is 2.24 bits per heavy atom. The van der Waals surface area contributed by atoms with Crippen molar-refractivity contribution in [3.8, 4) is 0 Å². The second-order valence-corrected chi connectivity index (χ2v) is 5.91. The molecule has 0 radical (unpaired) electrons. The van der Waals surface area contributed by atoms with Crippen LogP contribution in [-0.4, -0.2) is 41.3 Å². The van der Waals surface area contributed by atoms with E-state index in [2.05, 4.69) is 4.98 Å². The highest BCUT2D eigenvalue weighted by Crippen LogP contribution is 2.30. The predicted molar refractivity (Wildman–Crippen MR) is 56.5 cm³/mol. The molecule has 0 spiro atoms. The summed E-state index contributed by atoms with van der Waals surface area (Å²) < 4.78 is 51.1. The number of hydrogen-bond acceptors (Lipinski definition) is 3. The van der Waals surface area contributed by atoms with E-state index in [0.29, 0.717) is 0 Å². The third-order valence-corrected chi connectivity index (χ3v) is 5.10. The minimum absolute atomic E-state index is 0.00213. The number of sulfonamides is 1. The maximum atomic E-state index is 12.5. The lowest BCUT2D eigenvalue weighted by atomic mass is 10.1. The Morgan fingerprint density at radius 1 is 1.59 bits per heavy atom. The van der Waals surface area contributed by atoms with Crippen LogP contribution in [0.5, 0.6) is 0 Å². The number of hydrogen-bond donors (Lipinski definition) is 0. The van der Waals surface area contributed by atoms with Crippen molar-refractivity contribution in [2.75, 3.05) is 6.54 Å². The van der Waals surface area contributed by atoms with Crippen molar-refractivity contribution in [2.24, 2.45) is 7.05 Å². The zero-order valence-electron chi connectivity index (χ0n) is 8.85. The SMILES string of the molecule is Cn1c(S(=O)(=O)N2CC[C@H]2C(F)F)cnc1Cl. The first kappa shape index (κ1) is 12.7. The van der Waals surface area contributed by atoms with Crippen molar-refractivity contribution in [3.63, 3.8) is 0 Å². The molecule has 1 aromatic heterocycles. The second-order valence-electron chi connectivity index (χ2n) is 3.73. The van der Waals surface area contributed by atoms with E-state index < -0.39 is 22.5 Å². The molecule has 1 atom stereocenters. The number of alkyl halides is 2. The summed E-state index contributed by atoms with van der Waals surface area (Å²) in [5, 5.41) is -0.175. The van der Waals surface area contributed by atoms with Crippen molar-refractivity contribution in [2.45, 2.75) is 23.9 Å². The molecule has 0 aliphatic carbocycles. The lowest BCUT2D eigenvalue weighted by molar-refractivity contribution is 0.0139. The Kier molecular flexibility index (Phi) is 3.13. The summed E-state index contributed by atoms with van der Waals surface area (Å²) >= 11 is 5.62. The number of rotatable bonds is 3. The van der Waals surface area contributed by atoms with Crippen LogP contribution in [0.4, 0.5) is 8.78 Å². The van der Waals surface area contributed by atoms with Crippen LogP contribution in [0.1, 0.15) is 6.42 Å². The molecule has 1 aromatic rings. The molecule has 5 nitrogen and oxygen atoms in total. The summed E-state index contributed by atoms with van der Waals surface area (Å²) in [6.45, 7) is 0.0974. The number of halogens is 3. The molecule has 0 N–H and O–H groups in total. The fourth-order valence-corrected chi connectivity index (χ4v) is 3.61. The third kappa shape index (κ3) is 1.94. The van der Waals surface area contributed by atoms with E-state index in [4.69, 9.17) is 11.6 Å². The van der Waals surface area contributed by atoms with Gasteiger partial charge in [-0.1, -0.05) is 0 Å². The average molecular weight is 286 g/mol. The fraction of sp³-hybridized carbons (Fsp3) is 0.625. The molecule has 2 rings (SSSR count). The maximum absolute atomic E-state index is 12.5. The molecular formula is C8H10ClF2N3O2S. The van der Waals surface area contributed by atoms with Gasteiger partial charge in [0.25, 0.3) is 16.4 Å². The molecule has 0 saturated carbocycles. The van der Waals surface area contributed by atoms with Gasteiger partial charge in [-0.25, -0.2) is 22.2 Å². The van der Waals surface area contributed by atoms with Gasteiger partial charge >= 0.3 is 0 Å². The lowest BCUT2D eigenvalue weighted by Crippen LogP contribution is -2.54. The minimum atomic E-state index is -3.94. The van der Waals surface area contributed by atoms with E-state index in [1.807, 2.05) is 0 Å². The Bertz CT molecular complexity index is 531. The Balaban J connectivity index is 2.35. The van der Waals surface area contributed by atoms with Crippen LogP contribution in [0.2, 0.25) is 5.28 Å². The van der Waals surface area contributed by atoms with Crippen LogP contribution in [0, 0.1) is 0 Å². The van der Waals surface area contributed by atoms with Gasteiger partial charge in [0.2, 0.25) is 5.28 Å². The van der Waals surface area contributed by atoms with Crippen LogP contribution in [-0.2, 0) is 17.1 Å². The van der Waals surface area contributed by atoms with Crippen LogP contribution in [0.25, 0.3) is 0 Å². The topological polar surface area (TPSA) is 55.2 Å². The Labute approximate surface area is 102 Å². The normalized spacial score (nSPS) is 21.8. The summed E-state index contributed by atoms with van der Waals surface area (Å²) in [4.78, 5) is 3.63. The van der Waals surface area contributed by atoms with Gasteiger partial charge in [-0.15, -0.1) is 0 Å². The second kappa shape index (κ2) is 4.18. The summed E-state index contributed by atoms with van der Waals surface area (Å²) in [6.07, 6.45) is -1.44. The van der Waals surface area contributed by atoms with E-state index in [1.165, 1.54) is 7.05 Å². The van der Waals surface area contributed by atoms with E-state index in [-0.39, 0.29) is 23.3 Å². The van der Waals surface area contributed by atoms with Crippen molar-refractivity contribution >= 4 is 21.6 Å². The molecule has 1 fully saturated rings. The molecule has 9 heteroatoms. The van der Waals surface area contributed by atoms with Crippen LogP contribution in [0.3, 0.4) is 0 Å². The van der Waals surface area contributed by atoms with Crippen LogP contribution < -0.4 is 0 Å². The molecule has 0 bridgehead atoms. The zero-order valence-corrected chi connectivity index (χ0v) is 10.4. The molecule has 0 unspecified atom stereocenters.